The zero-order valence-electron chi connectivity index (χ0n) is 12.8. The number of hydrogen-bond acceptors (Lipinski definition) is 4. The molecule has 0 radical (unpaired) electrons. The summed E-state index contributed by atoms with van der Waals surface area (Å²) in [6.45, 7) is -2.09. The molecule has 2 rings (SSSR count). The van der Waals surface area contributed by atoms with Crippen LogP contribution < -0.4 is 14.8 Å². The molecule has 2 aromatic carbocycles. The number of alkyl halides is 2. The first-order valence-electron chi connectivity index (χ1n) is 7.14. The molecule has 0 amide bonds. The Kier molecular flexibility index (Phi) is 6.31. The largest absolute Gasteiger partial charge is 0.497 e. The molecule has 0 bridgehead atoms. The molecule has 0 aromatic heterocycles. The van der Waals surface area contributed by atoms with Crippen molar-refractivity contribution < 1.29 is 23.4 Å². The van der Waals surface area contributed by atoms with Gasteiger partial charge in [-0.2, -0.15) is 8.78 Å². The number of hydrogen-bond donors (Lipinski definition) is 2. The molecular weight excluding hydrogens is 304 g/mol. The van der Waals surface area contributed by atoms with Crippen molar-refractivity contribution in [2.24, 2.45) is 0 Å². The molecule has 0 aliphatic rings. The quantitative estimate of drug-likeness (QED) is 0.784. The fourth-order valence-corrected chi connectivity index (χ4v) is 2.25. The van der Waals surface area contributed by atoms with E-state index in [0.717, 1.165) is 11.1 Å². The fourth-order valence-electron chi connectivity index (χ4n) is 2.25. The van der Waals surface area contributed by atoms with Crippen LogP contribution in [0, 0.1) is 0 Å². The first-order chi connectivity index (χ1) is 11.1. The van der Waals surface area contributed by atoms with E-state index in [1.54, 1.807) is 12.1 Å². The van der Waals surface area contributed by atoms with Gasteiger partial charge < -0.3 is 19.9 Å². The molecule has 4 nitrogen and oxygen atoms in total. The molecule has 0 atom stereocenters. The number of nitrogens with one attached hydrogen (secondary N) is 1. The molecule has 23 heavy (non-hydrogen) atoms. The van der Waals surface area contributed by atoms with Crippen molar-refractivity contribution in [1.29, 1.82) is 0 Å². The standard InChI is InChI=1S/C17H19F2NO3/c1-22-15-6-7-16(23-17(18)19)14(8-15)10-20-9-12-4-2-3-5-13(12)11-21/h2-8,17,20-21H,9-11H2,1H3. The van der Waals surface area contributed by atoms with Gasteiger partial charge in [-0.3, -0.25) is 0 Å². The van der Waals surface area contributed by atoms with Crippen LogP contribution in [0.15, 0.2) is 42.5 Å². The molecule has 0 saturated heterocycles. The zero-order valence-corrected chi connectivity index (χ0v) is 12.8. The maximum Gasteiger partial charge on any atom is 0.387 e. The number of benzene rings is 2. The lowest BCUT2D eigenvalue weighted by Crippen LogP contribution is -2.15. The molecule has 0 fully saturated rings. The lowest BCUT2D eigenvalue weighted by molar-refractivity contribution is -0.0505. The Balaban J connectivity index is 2.06. The Morgan fingerprint density at radius 1 is 1.04 bits per heavy atom. The van der Waals surface area contributed by atoms with Gasteiger partial charge >= 0.3 is 6.61 Å². The highest BCUT2D eigenvalue weighted by atomic mass is 19.3. The van der Waals surface area contributed by atoms with Gasteiger partial charge in [0.05, 0.1) is 13.7 Å². The zero-order chi connectivity index (χ0) is 16.7. The highest BCUT2D eigenvalue weighted by Crippen LogP contribution is 2.25. The third kappa shape index (κ3) is 4.91. The maximum atomic E-state index is 12.5. The van der Waals surface area contributed by atoms with Crippen LogP contribution in [0.3, 0.4) is 0 Å². The summed E-state index contributed by atoms with van der Waals surface area (Å²) in [7, 11) is 1.51. The summed E-state index contributed by atoms with van der Waals surface area (Å²) < 4.78 is 34.6. The van der Waals surface area contributed by atoms with Gasteiger partial charge in [0.1, 0.15) is 11.5 Å². The van der Waals surface area contributed by atoms with Crippen molar-refractivity contribution in [3.05, 3.63) is 59.2 Å². The molecule has 0 heterocycles. The van der Waals surface area contributed by atoms with Crippen LogP contribution >= 0.6 is 0 Å². The highest BCUT2D eigenvalue weighted by Gasteiger charge is 2.11. The van der Waals surface area contributed by atoms with Gasteiger partial charge in [0.25, 0.3) is 0 Å². The van der Waals surface area contributed by atoms with E-state index in [-0.39, 0.29) is 12.4 Å². The van der Waals surface area contributed by atoms with E-state index in [9.17, 15) is 13.9 Å². The average Bonchev–Trinajstić information content (AvgIpc) is 2.56. The summed E-state index contributed by atoms with van der Waals surface area (Å²) in [5, 5.41) is 12.5. The van der Waals surface area contributed by atoms with E-state index in [0.29, 0.717) is 24.4 Å². The summed E-state index contributed by atoms with van der Waals surface area (Å²) in [5.74, 6) is 0.683. The van der Waals surface area contributed by atoms with Crippen LogP contribution in [0.5, 0.6) is 11.5 Å². The lowest BCUT2D eigenvalue weighted by Gasteiger charge is -2.14. The third-order valence-electron chi connectivity index (χ3n) is 3.40. The number of aliphatic hydroxyl groups excluding tert-OH is 1. The molecule has 2 aromatic rings. The highest BCUT2D eigenvalue weighted by molar-refractivity contribution is 5.40. The van der Waals surface area contributed by atoms with Crippen LogP contribution in [-0.4, -0.2) is 18.8 Å². The number of halogens is 2. The third-order valence-corrected chi connectivity index (χ3v) is 3.40. The first-order valence-corrected chi connectivity index (χ1v) is 7.14. The predicted octanol–water partition coefficient (Wildman–Crippen LogP) is 3.08. The molecular formula is C17H19F2NO3. The van der Waals surface area contributed by atoms with E-state index < -0.39 is 6.61 Å². The van der Waals surface area contributed by atoms with E-state index >= 15 is 0 Å². The summed E-state index contributed by atoms with van der Waals surface area (Å²) >= 11 is 0. The molecule has 0 aliphatic carbocycles. The van der Waals surface area contributed by atoms with Crippen molar-refractivity contribution in [3.8, 4) is 11.5 Å². The number of rotatable bonds is 8. The van der Waals surface area contributed by atoms with Crippen LogP contribution in [0.25, 0.3) is 0 Å². The Hall–Kier alpha value is -2.18. The SMILES string of the molecule is COc1ccc(OC(F)F)c(CNCc2ccccc2CO)c1. The molecule has 6 heteroatoms. The number of aliphatic hydroxyl groups is 1. The predicted molar refractivity (Wildman–Crippen MR) is 82.5 cm³/mol. The maximum absolute atomic E-state index is 12.5. The van der Waals surface area contributed by atoms with Gasteiger partial charge in [-0.1, -0.05) is 24.3 Å². The smallest absolute Gasteiger partial charge is 0.387 e. The number of ether oxygens (including phenoxy) is 2. The first kappa shape index (κ1) is 17.2. The second kappa shape index (κ2) is 8.45. The Bertz CT molecular complexity index is 635. The molecule has 0 saturated carbocycles. The summed E-state index contributed by atoms with van der Waals surface area (Å²) in [6.07, 6.45) is 0. The second-order valence-corrected chi connectivity index (χ2v) is 4.88. The monoisotopic (exact) mass is 323 g/mol. The van der Waals surface area contributed by atoms with Crippen molar-refractivity contribution in [3.63, 3.8) is 0 Å². The Morgan fingerprint density at radius 2 is 1.74 bits per heavy atom. The minimum absolute atomic E-state index is 0.0449. The molecule has 0 unspecified atom stereocenters. The fraction of sp³-hybridized carbons (Fsp3) is 0.294. The molecule has 2 N–H and O–H groups in total. The van der Waals surface area contributed by atoms with Crippen molar-refractivity contribution >= 4 is 0 Å². The van der Waals surface area contributed by atoms with Gasteiger partial charge in [0.15, 0.2) is 0 Å². The van der Waals surface area contributed by atoms with Crippen molar-refractivity contribution in [2.45, 2.75) is 26.3 Å². The van der Waals surface area contributed by atoms with E-state index in [4.69, 9.17) is 4.74 Å². The van der Waals surface area contributed by atoms with Crippen LogP contribution in [0.2, 0.25) is 0 Å². The van der Waals surface area contributed by atoms with Gasteiger partial charge in [0, 0.05) is 18.7 Å². The normalized spacial score (nSPS) is 10.8. The van der Waals surface area contributed by atoms with Crippen molar-refractivity contribution in [1.82, 2.24) is 5.32 Å². The molecule has 0 spiro atoms. The summed E-state index contributed by atoms with van der Waals surface area (Å²) in [4.78, 5) is 0. The van der Waals surface area contributed by atoms with Crippen LogP contribution in [0.4, 0.5) is 8.78 Å². The average molecular weight is 323 g/mol. The molecule has 0 aliphatic heterocycles. The van der Waals surface area contributed by atoms with Gasteiger partial charge in [-0.05, 0) is 29.3 Å². The van der Waals surface area contributed by atoms with Gasteiger partial charge in [-0.25, -0.2) is 0 Å². The van der Waals surface area contributed by atoms with Crippen LogP contribution in [-0.2, 0) is 19.7 Å². The van der Waals surface area contributed by atoms with E-state index in [2.05, 4.69) is 10.1 Å². The molecule has 124 valence electrons. The summed E-state index contributed by atoms with van der Waals surface area (Å²) in [6, 6.07) is 12.2. The van der Waals surface area contributed by atoms with Gasteiger partial charge in [0.2, 0.25) is 0 Å². The van der Waals surface area contributed by atoms with Crippen LogP contribution in [0.1, 0.15) is 16.7 Å². The van der Waals surface area contributed by atoms with E-state index in [1.807, 2.05) is 24.3 Å². The second-order valence-electron chi connectivity index (χ2n) is 4.88. The topological polar surface area (TPSA) is 50.7 Å². The summed E-state index contributed by atoms with van der Waals surface area (Å²) in [5.41, 5.74) is 2.36. The minimum Gasteiger partial charge on any atom is -0.497 e. The van der Waals surface area contributed by atoms with Gasteiger partial charge in [-0.15, -0.1) is 0 Å². The van der Waals surface area contributed by atoms with E-state index in [1.165, 1.54) is 13.2 Å². The number of methoxy groups -OCH3 is 1. The Morgan fingerprint density at radius 3 is 2.39 bits per heavy atom. The Labute approximate surface area is 133 Å². The minimum atomic E-state index is -2.88. The lowest BCUT2D eigenvalue weighted by atomic mass is 10.1. The van der Waals surface area contributed by atoms with Crippen molar-refractivity contribution in [2.75, 3.05) is 7.11 Å².